The van der Waals surface area contributed by atoms with Gasteiger partial charge in [0.1, 0.15) is 11.9 Å². The van der Waals surface area contributed by atoms with Crippen LogP contribution in [0.1, 0.15) is 12.0 Å². The zero-order chi connectivity index (χ0) is 12.7. The zero-order valence-corrected chi connectivity index (χ0v) is 10.3. The number of cyclic esters (lactones) is 1. The second-order valence-electron chi connectivity index (χ2n) is 4.55. The molecule has 3 rings (SSSR count). The smallest absolute Gasteiger partial charge is 0.415 e. The molecule has 4 nitrogen and oxygen atoms in total. The summed E-state index contributed by atoms with van der Waals surface area (Å²) in [5, 5.41) is 0. The third-order valence-electron chi connectivity index (χ3n) is 3.63. The van der Waals surface area contributed by atoms with Crippen molar-refractivity contribution in [1.82, 2.24) is 0 Å². The molecule has 0 unspecified atom stereocenters. The van der Waals surface area contributed by atoms with Crippen LogP contribution in [0.15, 0.2) is 30.9 Å². The minimum absolute atomic E-state index is 0.0795. The topological polar surface area (TPSA) is 38.8 Å². The van der Waals surface area contributed by atoms with Crippen molar-refractivity contribution in [3.05, 3.63) is 36.4 Å². The molecule has 1 aromatic rings. The van der Waals surface area contributed by atoms with Gasteiger partial charge in [-0.25, -0.2) is 4.79 Å². The maximum atomic E-state index is 11.9. The number of methoxy groups -OCH3 is 1. The fourth-order valence-corrected chi connectivity index (χ4v) is 2.74. The van der Waals surface area contributed by atoms with Crippen LogP contribution < -0.4 is 9.64 Å². The molecule has 18 heavy (non-hydrogen) atoms. The van der Waals surface area contributed by atoms with Gasteiger partial charge in [0.15, 0.2) is 0 Å². The van der Waals surface area contributed by atoms with E-state index in [-0.39, 0.29) is 18.2 Å². The van der Waals surface area contributed by atoms with E-state index in [1.54, 1.807) is 18.1 Å². The third kappa shape index (κ3) is 1.49. The van der Waals surface area contributed by atoms with E-state index in [0.717, 1.165) is 29.8 Å². The van der Waals surface area contributed by atoms with Crippen LogP contribution in [0, 0.1) is 0 Å². The van der Waals surface area contributed by atoms with Gasteiger partial charge in [-0.1, -0.05) is 6.58 Å². The summed E-state index contributed by atoms with van der Waals surface area (Å²) in [7, 11) is 1.64. The van der Waals surface area contributed by atoms with Gasteiger partial charge in [0.2, 0.25) is 0 Å². The first-order valence-electron chi connectivity index (χ1n) is 6.04. The Morgan fingerprint density at radius 3 is 3.11 bits per heavy atom. The monoisotopic (exact) mass is 245 g/mol. The van der Waals surface area contributed by atoms with Gasteiger partial charge >= 0.3 is 6.09 Å². The van der Waals surface area contributed by atoms with Crippen molar-refractivity contribution in [1.29, 1.82) is 0 Å². The summed E-state index contributed by atoms with van der Waals surface area (Å²) in [6.45, 7) is 3.73. The highest BCUT2D eigenvalue weighted by Crippen LogP contribution is 2.38. The maximum absolute atomic E-state index is 11.9. The Hall–Kier alpha value is -1.97. The van der Waals surface area contributed by atoms with E-state index in [2.05, 4.69) is 6.58 Å². The number of benzene rings is 1. The maximum Gasteiger partial charge on any atom is 0.415 e. The number of nitrogens with zero attached hydrogens (tertiary/aromatic N) is 1. The molecule has 0 bridgehead atoms. The second kappa shape index (κ2) is 4.05. The Morgan fingerprint density at radius 2 is 2.39 bits per heavy atom. The first-order valence-corrected chi connectivity index (χ1v) is 6.04. The van der Waals surface area contributed by atoms with Crippen LogP contribution in [0.25, 0.3) is 0 Å². The van der Waals surface area contributed by atoms with E-state index in [1.165, 1.54) is 0 Å². The van der Waals surface area contributed by atoms with Gasteiger partial charge in [0, 0.05) is 0 Å². The van der Waals surface area contributed by atoms with Crippen molar-refractivity contribution in [3.63, 3.8) is 0 Å². The van der Waals surface area contributed by atoms with Crippen LogP contribution in [0.5, 0.6) is 5.75 Å². The normalized spacial score (nSPS) is 25.2. The Balaban J connectivity index is 2.03. The summed E-state index contributed by atoms with van der Waals surface area (Å²) in [5.41, 5.74) is 2.06. The molecular formula is C14H15NO3. The van der Waals surface area contributed by atoms with Gasteiger partial charge in [0.05, 0.1) is 18.8 Å². The number of rotatable bonds is 2. The summed E-state index contributed by atoms with van der Waals surface area (Å²) in [4.78, 5) is 13.7. The van der Waals surface area contributed by atoms with Gasteiger partial charge in [0.25, 0.3) is 0 Å². The molecule has 2 heterocycles. The largest absolute Gasteiger partial charge is 0.497 e. The summed E-state index contributed by atoms with van der Waals surface area (Å²) in [5.74, 6) is 0.819. The predicted octanol–water partition coefficient (Wildman–Crippen LogP) is 2.52. The first kappa shape index (κ1) is 11.1. The summed E-state index contributed by atoms with van der Waals surface area (Å²) in [6.07, 6.45) is 3.04. The molecule has 0 N–H and O–H groups in total. The van der Waals surface area contributed by atoms with Crippen molar-refractivity contribution in [2.45, 2.75) is 25.0 Å². The van der Waals surface area contributed by atoms with E-state index in [1.807, 2.05) is 18.2 Å². The molecule has 0 aromatic heterocycles. The molecule has 2 aliphatic rings. The lowest BCUT2D eigenvalue weighted by Gasteiger charge is -2.30. The molecule has 2 aliphatic heterocycles. The molecular weight excluding hydrogens is 230 g/mol. The van der Waals surface area contributed by atoms with Gasteiger partial charge in [-0.05, 0) is 42.7 Å². The quantitative estimate of drug-likeness (QED) is 0.751. The predicted molar refractivity (Wildman–Crippen MR) is 68.0 cm³/mol. The Kier molecular flexibility index (Phi) is 2.51. The van der Waals surface area contributed by atoms with Gasteiger partial charge in [-0.15, -0.1) is 0 Å². The lowest BCUT2D eigenvalue weighted by molar-refractivity contribution is 0.153. The van der Waals surface area contributed by atoms with Crippen molar-refractivity contribution < 1.29 is 14.3 Å². The molecule has 4 heteroatoms. The van der Waals surface area contributed by atoms with E-state index < -0.39 is 0 Å². The lowest BCUT2D eigenvalue weighted by atomic mass is 9.93. The van der Waals surface area contributed by atoms with E-state index in [0.29, 0.717) is 0 Å². The van der Waals surface area contributed by atoms with Crippen LogP contribution in [-0.4, -0.2) is 25.3 Å². The van der Waals surface area contributed by atoms with Crippen molar-refractivity contribution >= 4 is 11.8 Å². The molecule has 2 atom stereocenters. The van der Waals surface area contributed by atoms with E-state index >= 15 is 0 Å². The average molecular weight is 245 g/mol. The zero-order valence-electron chi connectivity index (χ0n) is 10.3. The SMILES string of the molecule is C=C[C@@H]1OC(=O)N2c3ccc(OC)cc3CC[C@@H]12. The molecule has 1 aromatic carbocycles. The number of hydrogen-bond acceptors (Lipinski definition) is 3. The highest BCUT2D eigenvalue weighted by atomic mass is 16.6. The van der Waals surface area contributed by atoms with Gasteiger partial charge < -0.3 is 9.47 Å². The number of carbonyl (C=O) groups excluding carboxylic acids is 1. The lowest BCUT2D eigenvalue weighted by Crippen LogP contribution is -2.39. The van der Waals surface area contributed by atoms with Gasteiger partial charge in [-0.2, -0.15) is 0 Å². The van der Waals surface area contributed by atoms with Crippen molar-refractivity contribution in [2.24, 2.45) is 0 Å². The highest BCUT2D eigenvalue weighted by Gasteiger charge is 2.43. The Bertz CT molecular complexity index is 512. The summed E-state index contributed by atoms with van der Waals surface area (Å²) in [6, 6.07) is 5.86. The Morgan fingerprint density at radius 1 is 1.56 bits per heavy atom. The van der Waals surface area contributed by atoms with Crippen LogP contribution in [0.3, 0.4) is 0 Å². The molecule has 1 amide bonds. The van der Waals surface area contributed by atoms with E-state index in [9.17, 15) is 4.79 Å². The van der Waals surface area contributed by atoms with Crippen LogP contribution in [-0.2, 0) is 11.2 Å². The number of fused-ring (bicyclic) bond motifs is 3. The minimum Gasteiger partial charge on any atom is -0.497 e. The fraction of sp³-hybridized carbons (Fsp3) is 0.357. The second-order valence-corrected chi connectivity index (χ2v) is 4.55. The van der Waals surface area contributed by atoms with Crippen molar-refractivity contribution in [3.8, 4) is 5.75 Å². The molecule has 0 saturated carbocycles. The first-order chi connectivity index (χ1) is 8.74. The number of carbonyl (C=O) groups is 1. The molecule has 94 valence electrons. The van der Waals surface area contributed by atoms with Gasteiger partial charge in [-0.3, -0.25) is 4.90 Å². The number of amides is 1. The minimum atomic E-state index is -0.281. The number of ether oxygens (including phenoxy) is 2. The molecule has 1 fully saturated rings. The fourth-order valence-electron chi connectivity index (χ4n) is 2.74. The van der Waals surface area contributed by atoms with Crippen LogP contribution in [0.4, 0.5) is 10.5 Å². The van der Waals surface area contributed by atoms with Crippen molar-refractivity contribution in [2.75, 3.05) is 12.0 Å². The number of anilines is 1. The van der Waals surface area contributed by atoms with Crippen LogP contribution >= 0.6 is 0 Å². The molecule has 0 aliphatic carbocycles. The standard InChI is InChI=1S/C14H15NO3/c1-3-13-12-6-4-9-8-10(17-2)5-7-11(9)15(12)14(16)18-13/h3,5,7-8,12-13H,1,4,6H2,2H3/t12-,13-/m0/s1. The average Bonchev–Trinajstić information content (AvgIpc) is 2.75. The Labute approximate surface area is 106 Å². The van der Waals surface area contributed by atoms with Crippen LogP contribution in [0.2, 0.25) is 0 Å². The highest BCUT2D eigenvalue weighted by molar-refractivity contribution is 5.92. The number of aryl methyl sites for hydroxylation is 1. The summed E-state index contributed by atoms with van der Waals surface area (Å²) >= 11 is 0. The molecule has 0 radical (unpaired) electrons. The number of hydrogen-bond donors (Lipinski definition) is 0. The third-order valence-corrected chi connectivity index (χ3v) is 3.63. The summed E-state index contributed by atoms with van der Waals surface area (Å²) < 4.78 is 10.5. The molecule has 0 spiro atoms. The molecule has 1 saturated heterocycles. The van der Waals surface area contributed by atoms with E-state index in [4.69, 9.17) is 9.47 Å².